The first kappa shape index (κ1) is 12.9. The average molecular weight is 288 g/mol. The lowest BCUT2D eigenvalue weighted by atomic mass is 10.3. The van der Waals surface area contributed by atoms with E-state index in [9.17, 15) is 9.90 Å². The van der Waals surface area contributed by atoms with Gasteiger partial charge in [-0.1, -0.05) is 0 Å². The summed E-state index contributed by atoms with van der Waals surface area (Å²) >= 11 is 3.38. The Hall–Kier alpha value is -1.14. The Morgan fingerprint density at radius 1 is 1.69 bits per heavy atom. The number of aliphatic hydroxyl groups excluding tert-OH is 1. The minimum absolute atomic E-state index is 0.154. The number of likely N-dealkylation sites (N-methyl/N-ethyl adjacent to an activating group) is 1. The molecule has 16 heavy (non-hydrogen) atoms. The first-order valence-electron chi connectivity index (χ1n) is 4.81. The standard InChI is InChI=1S/C10H14BrN3O2/c1-6-9(11)7(3-4-13-6)14-5-8(15)10(16)12-2/h3-4,8,15H,5H2,1-2H3,(H,12,16)(H,13,14). The van der Waals surface area contributed by atoms with Gasteiger partial charge in [0, 0.05) is 19.8 Å². The quantitative estimate of drug-likeness (QED) is 0.761. The number of hydrogen-bond donors (Lipinski definition) is 3. The highest BCUT2D eigenvalue weighted by molar-refractivity contribution is 9.10. The van der Waals surface area contributed by atoms with Crippen LogP contribution >= 0.6 is 15.9 Å². The van der Waals surface area contributed by atoms with Crippen molar-refractivity contribution in [1.82, 2.24) is 10.3 Å². The zero-order valence-electron chi connectivity index (χ0n) is 9.12. The van der Waals surface area contributed by atoms with E-state index >= 15 is 0 Å². The summed E-state index contributed by atoms with van der Waals surface area (Å²) in [4.78, 5) is 15.1. The molecule has 0 radical (unpaired) electrons. The lowest BCUT2D eigenvalue weighted by Gasteiger charge is -2.13. The Kier molecular flexibility index (Phi) is 4.70. The van der Waals surface area contributed by atoms with Crippen molar-refractivity contribution in [2.24, 2.45) is 0 Å². The van der Waals surface area contributed by atoms with Crippen LogP contribution in [0.25, 0.3) is 0 Å². The van der Waals surface area contributed by atoms with E-state index in [4.69, 9.17) is 0 Å². The van der Waals surface area contributed by atoms with Crippen molar-refractivity contribution in [2.45, 2.75) is 13.0 Å². The smallest absolute Gasteiger partial charge is 0.250 e. The zero-order valence-corrected chi connectivity index (χ0v) is 10.7. The van der Waals surface area contributed by atoms with E-state index in [1.807, 2.05) is 6.92 Å². The molecule has 0 saturated heterocycles. The molecule has 6 heteroatoms. The highest BCUT2D eigenvalue weighted by Crippen LogP contribution is 2.23. The topological polar surface area (TPSA) is 74.2 Å². The number of nitrogens with one attached hydrogen (secondary N) is 2. The molecule has 5 nitrogen and oxygen atoms in total. The normalized spacial score (nSPS) is 12.0. The van der Waals surface area contributed by atoms with Gasteiger partial charge in [0.2, 0.25) is 5.91 Å². The van der Waals surface area contributed by atoms with E-state index in [2.05, 4.69) is 31.5 Å². The molecule has 1 unspecified atom stereocenters. The maximum Gasteiger partial charge on any atom is 0.250 e. The highest BCUT2D eigenvalue weighted by atomic mass is 79.9. The average Bonchev–Trinajstić information content (AvgIpc) is 2.29. The van der Waals surface area contributed by atoms with Crippen LogP contribution in [0.3, 0.4) is 0 Å². The van der Waals surface area contributed by atoms with Gasteiger partial charge < -0.3 is 15.7 Å². The molecule has 1 heterocycles. The number of rotatable bonds is 4. The predicted octanol–water partition coefficient (Wildman–Crippen LogP) is 0.671. The van der Waals surface area contributed by atoms with Crippen molar-refractivity contribution in [1.29, 1.82) is 0 Å². The number of aliphatic hydroxyl groups is 1. The van der Waals surface area contributed by atoms with Crippen LogP contribution in [0.5, 0.6) is 0 Å². The van der Waals surface area contributed by atoms with Crippen LogP contribution in [0.15, 0.2) is 16.7 Å². The van der Waals surface area contributed by atoms with Gasteiger partial charge in [-0.25, -0.2) is 0 Å². The van der Waals surface area contributed by atoms with E-state index in [1.165, 1.54) is 7.05 Å². The first-order chi connectivity index (χ1) is 7.56. The van der Waals surface area contributed by atoms with E-state index in [0.717, 1.165) is 15.9 Å². The van der Waals surface area contributed by atoms with Crippen molar-refractivity contribution in [3.05, 3.63) is 22.4 Å². The fraction of sp³-hybridized carbons (Fsp3) is 0.400. The summed E-state index contributed by atoms with van der Waals surface area (Å²) in [5.74, 6) is -0.408. The largest absolute Gasteiger partial charge is 0.381 e. The Bertz CT molecular complexity index is 384. The SMILES string of the molecule is CNC(=O)C(O)CNc1ccnc(C)c1Br. The number of aromatic nitrogens is 1. The number of carbonyl (C=O) groups is 1. The third-order valence-electron chi connectivity index (χ3n) is 2.10. The fourth-order valence-corrected chi connectivity index (χ4v) is 1.53. The molecule has 1 amide bonds. The van der Waals surface area contributed by atoms with E-state index in [1.54, 1.807) is 12.3 Å². The first-order valence-corrected chi connectivity index (χ1v) is 5.60. The summed E-state index contributed by atoms with van der Waals surface area (Å²) < 4.78 is 0.833. The molecule has 0 aliphatic rings. The summed E-state index contributed by atoms with van der Waals surface area (Å²) in [5.41, 5.74) is 1.65. The van der Waals surface area contributed by atoms with Crippen molar-refractivity contribution in [2.75, 3.05) is 18.9 Å². The van der Waals surface area contributed by atoms with Crippen LogP contribution in [0.2, 0.25) is 0 Å². The van der Waals surface area contributed by atoms with Crippen LogP contribution < -0.4 is 10.6 Å². The molecule has 0 aromatic carbocycles. The van der Waals surface area contributed by atoms with Crippen LogP contribution in [-0.4, -0.2) is 35.7 Å². The van der Waals surface area contributed by atoms with E-state index in [0.29, 0.717) is 0 Å². The molecular formula is C10H14BrN3O2. The number of aryl methyl sites for hydroxylation is 1. The second-order valence-electron chi connectivity index (χ2n) is 3.27. The molecule has 1 rings (SSSR count). The zero-order chi connectivity index (χ0) is 12.1. The summed E-state index contributed by atoms with van der Waals surface area (Å²) in [6.45, 7) is 2.02. The Morgan fingerprint density at radius 2 is 2.38 bits per heavy atom. The summed E-state index contributed by atoms with van der Waals surface area (Å²) in [5, 5.41) is 14.8. The third-order valence-corrected chi connectivity index (χ3v) is 3.10. The summed E-state index contributed by atoms with van der Waals surface area (Å²) in [7, 11) is 1.48. The van der Waals surface area contributed by atoms with E-state index in [-0.39, 0.29) is 6.54 Å². The van der Waals surface area contributed by atoms with Gasteiger partial charge in [-0.2, -0.15) is 0 Å². The minimum atomic E-state index is -1.06. The number of amides is 1. The summed E-state index contributed by atoms with van der Waals surface area (Å²) in [6, 6.07) is 1.77. The number of anilines is 1. The fourth-order valence-electron chi connectivity index (χ4n) is 1.15. The predicted molar refractivity (Wildman–Crippen MR) is 65.2 cm³/mol. The molecule has 0 aliphatic heterocycles. The van der Waals surface area contributed by atoms with Crippen LogP contribution in [-0.2, 0) is 4.79 Å². The summed E-state index contributed by atoms with van der Waals surface area (Å²) in [6.07, 6.45) is 0.597. The van der Waals surface area contributed by atoms with Crippen LogP contribution in [0.4, 0.5) is 5.69 Å². The molecule has 1 atom stereocenters. The van der Waals surface area contributed by atoms with Gasteiger partial charge in [-0.15, -0.1) is 0 Å². The molecule has 0 spiro atoms. The Morgan fingerprint density at radius 3 is 3.00 bits per heavy atom. The molecule has 0 fully saturated rings. The molecule has 1 aromatic rings. The number of halogens is 1. The number of carbonyl (C=O) groups excluding carboxylic acids is 1. The second-order valence-corrected chi connectivity index (χ2v) is 4.06. The van der Waals surface area contributed by atoms with E-state index < -0.39 is 12.0 Å². The maximum atomic E-state index is 11.1. The van der Waals surface area contributed by atoms with Gasteiger partial charge in [-0.3, -0.25) is 9.78 Å². The highest BCUT2D eigenvalue weighted by Gasteiger charge is 2.13. The lowest BCUT2D eigenvalue weighted by Crippen LogP contribution is -2.36. The molecule has 1 aromatic heterocycles. The van der Waals surface area contributed by atoms with Crippen molar-refractivity contribution in [3.8, 4) is 0 Å². The second kappa shape index (κ2) is 5.81. The number of hydrogen-bond acceptors (Lipinski definition) is 4. The third kappa shape index (κ3) is 3.18. The molecular weight excluding hydrogens is 274 g/mol. The van der Waals surface area contributed by atoms with Gasteiger partial charge in [0.05, 0.1) is 15.9 Å². The Balaban J connectivity index is 2.61. The van der Waals surface area contributed by atoms with Gasteiger partial charge in [0.1, 0.15) is 6.10 Å². The number of pyridine rings is 1. The monoisotopic (exact) mass is 287 g/mol. The molecule has 0 aliphatic carbocycles. The minimum Gasteiger partial charge on any atom is -0.381 e. The van der Waals surface area contributed by atoms with Gasteiger partial charge >= 0.3 is 0 Å². The lowest BCUT2D eigenvalue weighted by molar-refractivity contribution is -0.128. The molecule has 88 valence electrons. The molecule has 0 saturated carbocycles. The molecule has 0 bridgehead atoms. The van der Waals surface area contributed by atoms with Crippen LogP contribution in [0, 0.1) is 6.92 Å². The molecule has 3 N–H and O–H groups in total. The van der Waals surface area contributed by atoms with Crippen LogP contribution in [0.1, 0.15) is 5.69 Å². The van der Waals surface area contributed by atoms with Gasteiger partial charge in [-0.05, 0) is 28.9 Å². The Labute approximate surface area is 102 Å². The van der Waals surface area contributed by atoms with Crippen molar-refractivity contribution in [3.63, 3.8) is 0 Å². The number of nitrogens with zero attached hydrogens (tertiary/aromatic N) is 1. The van der Waals surface area contributed by atoms with Crippen molar-refractivity contribution >= 4 is 27.5 Å². The van der Waals surface area contributed by atoms with Gasteiger partial charge in [0.25, 0.3) is 0 Å². The maximum absolute atomic E-state index is 11.1. The van der Waals surface area contributed by atoms with Crippen molar-refractivity contribution < 1.29 is 9.90 Å². The van der Waals surface area contributed by atoms with Gasteiger partial charge in [0.15, 0.2) is 0 Å².